The summed E-state index contributed by atoms with van der Waals surface area (Å²) in [4.78, 5) is 3.76. The number of fused-ring (bicyclic) bond motifs is 1. The van der Waals surface area contributed by atoms with Gasteiger partial charge in [0, 0.05) is 9.35 Å². The van der Waals surface area contributed by atoms with E-state index >= 15 is 0 Å². The molecular formula is C13H12BrNOS. The number of nitrogens with zero attached hydrogens (tertiary/aromatic N) is 1. The second-order valence-electron chi connectivity index (χ2n) is 3.96. The average Bonchev–Trinajstić information content (AvgIpc) is 2.83. The zero-order chi connectivity index (χ0) is 11.7. The Balaban J connectivity index is 1.90. The van der Waals surface area contributed by atoms with Crippen molar-refractivity contribution in [3.8, 4) is 5.75 Å². The molecule has 0 fully saturated rings. The lowest BCUT2D eigenvalue weighted by atomic mass is 10.2. The van der Waals surface area contributed by atoms with Crippen molar-refractivity contribution in [3.63, 3.8) is 0 Å². The Labute approximate surface area is 113 Å². The van der Waals surface area contributed by atoms with E-state index in [2.05, 4.69) is 44.4 Å². The van der Waals surface area contributed by atoms with Crippen molar-refractivity contribution in [2.75, 3.05) is 18.1 Å². The minimum absolute atomic E-state index is 0.764. The number of halogens is 1. The maximum Gasteiger partial charge on any atom is 0.142 e. The third-order valence-corrected chi connectivity index (χ3v) is 4.16. The van der Waals surface area contributed by atoms with Gasteiger partial charge in [-0.15, -0.1) is 11.3 Å². The van der Waals surface area contributed by atoms with E-state index in [4.69, 9.17) is 4.74 Å². The monoisotopic (exact) mass is 309 g/mol. The first-order valence-corrected chi connectivity index (χ1v) is 7.20. The number of hydrogen-bond donors (Lipinski definition) is 0. The molecule has 1 aromatic heterocycles. The molecule has 0 spiro atoms. The van der Waals surface area contributed by atoms with Crippen LogP contribution in [-0.4, -0.2) is 13.2 Å². The van der Waals surface area contributed by atoms with Crippen LogP contribution in [0.15, 0.2) is 40.2 Å². The van der Waals surface area contributed by atoms with Gasteiger partial charge in [-0.05, 0) is 29.6 Å². The van der Waals surface area contributed by atoms with Gasteiger partial charge in [-0.1, -0.05) is 22.0 Å². The second kappa shape index (κ2) is 4.70. The summed E-state index contributed by atoms with van der Waals surface area (Å²) in [6.45, 7) is 2.67. The molecule has 1 aliphatic heterocycles. The molecule has 0 unspecified atom stereocenters. The lowest BCUT2D eigenvalue weighted by Crippen LogP contribution is -2.31. The quantitative estimate of drug-likeness (QED) is 0.834. The Morgan fingerprint density at radius 3 is 3.12 bits per heavy atom. The Morgan fingerprint density at radius 2 is 2.29 bits per heavy atom. The second-order valence-corrected chi connectivity index (χ2v) is 5.91. The van der Waals surface area contributed by atoms with E-state index in [1.165, 1.54) is 10.6 Å². The summed E-state index contributed by atoms with van der Waals surface area (Å²) in [5, 5.41) is 2.12. The summed E-state index contributed by atoms with van der Waals surface area (Å²) in [5.74, 6) is 0.982. The van der Waals surface area contributed by atoms with Crippen molar-refractivity contribution in [1.82, 2.24) is 0 Å². The van der Waals surface area contributed by atoms with Crippen molar-refractivity contribution in [2.24, 2.45) is 0 Å². The molecule has 2 nitrogen and oxygen atoms in total. The van der Waals surface area contributed by atoms with Crippen LogP contribution in [0, 0.1) is 0 Å². The fraction of sp³-hybridized carbons (Fsp3) is 0.231. The highest BCUT2D eigenvalue weighted by Crippen LogP contribution is 2.35. The van der Waals surface area contributed by atoms with Gasteiger partial charge in [0.25, 0.3) is 0 Å². The predicted molar refractivity (Wildman–Crippen MR) is 75.0 cm³/mol. The first-order chi connectivity index (χ1) is 8.33. The highest BCUT2D eigenvalue weighted by atomic mass is 79.9. The van der Waals surface area contributed by atoms with Crippen LogP contribution in [0.25, 0.3) is 0 Å². The Hall–Kier alpha value is -1.00. The van der Waals surface area contributed by atoms with E-state index in [1.54, 1.807) is 11.3 Å². The van der Waals surface area contributed by atoms with E-state index < -0.39 is 0 Å². The molecule has 0 amide bonds. The van der Waals surface area contributed by atoms with Crippen molar-refractivity contribution in [2.45, 2.75) is 6.54 Å². The average molecular weight is 310 g/mol. The molecule has 1 aromatic carbocycles. The van der Waals surface area contributed by atoms with Gasteiger partial charge < -0.3 is 9.64 Å². The number of ether oxygens (including phenoxy) is 1. The van der Waals surface area contributed by atoms with Crippen molar-refractivity contribution >= 4 is 33.0 Å². The number of thiophene rings is 1. The lowest BCUT2D eigenvalue weighted by Gasteiger charge is -2.31. The summed E-state index contributed by atoms with van der Waals surface area (Å²) in [6, 6.07) is 10.5. The number of hydrogen-bond acceptors (Lipinski definition) is 3. The maximum absolute atomic E-state index is 5.67. The van der Waals surface area contributed by atoms with Crippen LogP contribution < -0.4 is 9.64 Å². The van der Waals surface area contributed by atoms with E-state index in [0.717, 1.165) is 29.9 Å². The van der Waals surface area contributed by atoms with Gasteiger partial charge in [0.2, 0.25) is 0 Å². The van der Waals surface area contributed by atoms with Crippen LogP contribution in [0.4, 0.5) is 5.69 Å². The fourth-order valence-electron chi connectivity index (χ4n) is 2.00. The van der Waals surface area contributed by atoms with Gasteiger partial charge >= 0.3 is 0 Å². The zero-order valence-corrected chi connectivity index (χ0v) is 11.6. The standard InChI is InChI=1S/C13H12BrNOS/c14-10-3-4-13-12(8-10)15(5-6-16-13)9-11-2-1-7-17-11/h1-4,7-8H,5-6,9H2. The molecule has 3 rings (SSSR count). The minimum Gasteiger partial charge on any atom is -0.490 e. The minimum atomic E-state index is 0.764. The summed E-state index contributed by atoms with van der Waals surface area (Å²) in [5.41, 5.74) is 1.18. The highest BCUT2D eigenvalue weighted by molar-refractivity contribution is 9.10. The molecule has 1 aliphatic rings. The number of benzene rings is 1. The van der Waals surface area contributed by atoms with Gasteiger partial charge in [-0.25, -0.2) is 0 Å². The molecule has 17 heavy (non-hydrogen) atoms. The number of anilines is 1. The summed E-state index contributed by atoms with van der Waals surface area (Å²) >= 11 is 5.32. The Kier molecular flexibility index (Phi) is 3.07. The van der Waals surface area contributed by atoms with Crippen molar-refractivity contribution in [1.29, 1.82) is 0 Å². The molecule has 2 heterocycles. The van der Waals surface area contributed by atoms with E-state index in [9.17, 15) is 0 Å². The molecular weight excluding hydrogens is 298 g/mol. The van der Waals surface area contributed by atoms with Crippen LogP contribution in [-0.2, 0) is 6.54 Å². The lowest BCUT2D eigenvalue weighted by molar-refractivity contribution is 0.307. The highest BCUT2D eigenvalue weighted by Gasteiger charge is 2.18. The molecule has 0 atom stereocenters. The SMILES string of the molecule is Brc1ccc2c(c1)N(Cc1cccs1)CCO2. The fourth-order valence-corrected chi connectivity index (χ4v) is 3.07. The third-order valence-electron chi connectivity index (χ3n) is 2.81. The van der Waals surface area contributed by atoms with Crippen molar-refractivity contribution < 1.29 is 4.74 Å². The van der Waals surface area contributed by atoms with Gasteiger partial charge in [0.05, 0.1) is 18.8 Å². The van der Waals surface area contributed by atoms with Crippen molar-refractivity contribution in [3.05, 3.63) is 45.1 Å². The molecule has 0 bridgehead atoms. The van der Waals surface area contributed by atoms with Crippen LogP contribution >= 0.6 is 27.3 Å². The summed E-state index contributed by atoms with van der Waals surface area (Å²) in [6.07, 6.45) is 0. The smallest absolute Gasteiger partial charge is 0.142 e. The summed E-state index contributed by atoms with van der Waals surface area (Å²) < 4.78 is 6.76. The predicted octanol–water partition coefficient (Wildman–Crippen LogP) is 3.91. The van der Waals surface area contributed by atoms with E-state index in [0.29, 0.717) is 0 Å². The molecule has 0 saturated carbocycles. The molecule has 88 valence electrons. The first kappa shape index (κ1) is 11.1. The van der Waals surface area contributed by atoms with Crippen LogP contribution in [0.1, 0.15) is 4.88 Å². The van der Waals surface area contributed by atoms with E-state index in [-0.39, 0.29) is 0 Å². The normalized spacial score (nSPS) is 14.3. The van der Waals surface area contributed by atoms with Crippen LogP contribution in [0.5, 0.6) is 5.75 Å². The molecule has 2 aromatic rings. The van der Waals surface area contributed by atoms with E-state index in [1.807, 2.05) is 12.1 Å². The molecule has 0 saturated heterocycles. The van der Waals surface area contributed by atoms with Gasteiger partial charge in [-0.3, -0.25) is 0 Å². The molecule has 4 heteroatoms. The number of rotatable bonds is 2. The van der Waals surface area contributed by atoms with Gasteiger partial charge in [-0.2, -0.15) is 0 Å². The summed E-state index contributed by atoms with van der Waals surface area (Å²) in [7, 11) is 0. The Morgan fingerprint density at radius 1 is 1.35 bits per heavy atom. The van der Waals surface area contributed by atoms with Gasteiger partial charge in [0.1, 0.15) is 12.4 Å². The third kappa shape index (κ3) is 2.33. The maximum atomic E-state index is 5.67. The van der Waals surface area contributed by atoms with Crippen LogP contribution in [0.2, 0.25) is 0 Å². The first-order valence-electron chi connectivity index (χ1n) is 5.52. The molecule has 0 radical (unpaired) electrons. The largest absolute Gasteiger partial charge is 0.490 e. The van der Waals surface area contributed by atoms with Crippen LogP contribution in [0.3, 0.4) is 0 Å². The zero-order valence-electron chi connectivity index (χ0n) is 9.23. The van der Waals surface area contributed by atoms with Gasteiger partial charge in [0.15, 0.2) is 0 Å². The topological polar surface area (TPSA) is 12.5 Å². The molecule has 0 aliphatic carbocycles. The Bertz CT molecular complexity index is 512. The molecule has 0 N–H and O–H groups in total.